The number of aliphatic hydroxyl groups excluding tert-OH is 1. The second-order valence-electron chi connectivity index (χ2n) is 4.42. The minimum Gasteiger partial charge on any atom is -0.391 e. The van der Waals surface area contributed by atoms with Gasteiger partial charge in [-0.3, -0.25) is 4.79 Å². The third kappa shape index (κ3) is 5.47. The van der Waals surface area contributed by atoms with Crippen LogP contribution in [0.1, 0.15) is 45.4 Å². The van der Waals surface area contributed by atoms with E-state index in [2.05, 4.69) is 5.32 Å². The molecule has 0 radical (unpaired) electrons. The Morgan fingerprint density at radius 1 is 1.62 bits per heavy atom. The molecule has 0 aromatic carbocycles. The number of hydrogen-bond donors (Lipinski definition) is 2. The Labute approximate surface area is 97.4 Å². The summed E-state index contributed by atoms with van der Waals surface area (Å²) in [4.78, 5) is 11.4. The lowest BCUT2D eigenvalue weighted by Gasteiger charge is -2.12. The van der Waals surface area contributed by atoms with E-state index < -0.39 is 6.10 Å². The van der Waals surface area contributed by atoms with Gasteiger partial charge in [-0.1, -0.05) is 13.3 Å². The number of amides is 1. The first-order valence-corrected chi connectivity index (χ1v) is 6.28. The Bertz CT molecular complexity index is 202. The molecular formula is C12H23NO3. The van der Waals surface area contributed by atoms with Gasteiger partial charge in [0.2, 0.25) is 5.91 Å². The molecule has 16 heavy (non-hydrogen) atoms. The highest BCUT2D eigenvalue weighted by Gasteiger charge is 2.16. The maximum atomic E-state index is 11.4. The van der Waals surface area contributed by atoms with E-state index in [1.807, 2.05) is 6.92 Å². The molecule has 1 aliphatic heterocycles. The summed E-state index contributed by atoms with van der Waals surface area (Å²) in [5.74, 6) is 0.0191. The lowest BCUT2D eigenvalue weighted by atomic mass is 10.1. The Balaban J connectivity index is 2.01. The van der Waals surface area contributed by atoms with E-state index in [1.54, 1.807) is 0 Å². The number of nitrogens with one attached hydrogen (secondary N) is 1. The van der Waals surface area contributed by atoms with Crippen molar-refractivity contribution >= 4 is 5.91 Å². The van der Waals surface area contributed by atoms with Crippen molar-refractivity contribution in [2.75, 3.05) is 13.2 Å². The quantitative estimate of drug-likeness (QED) is 0.690. The Morgan fingerprint density at radius 3 is 3.06 bits per heavy atom. The molecule has 0 aromatic heterocycles. The standard InChI is InChI=1S/C12H23NO3/c1-2-4-10(14)9-13-12(15)7-6-11-5-3-8-16-11/h10-11,14H,2-9H2,1H3,(H,13,15). The zero-order valence-electron chi connectivity index (χ0n) is 10.1. The molecule has 1 fully saturated rings. The second kappa shape index (κ2) is 7.63. The summed E-state index contributed by atoms with van der Waals surface area (Å²) in [6.07, 6.45) is 5.04. The number of carbonyl (C=O) groups is 1. The fourth-order valence-corrected chi connectivity index (χ4v) is 1.92. The highest BCUT2D eigenvalue weighted by Crippen LogP contribution is 2.16. The van der Waals surface area contributed by atoms with Crippen LogP contribution in [0.3, 0.4) is 0 Å². The van der Waals surface area contributed by atoms with Crippen LogP contribution in [0, 0.1) is 0 Å². The predicted octanol–water partition coefficient (Wildman–Crippen LogP) is 1.22. The number of ether oxygens (including phenoxy) is 1. The van der Waals surface area contributed by atoms with E-state index in [4.69, 9.17) is 4.74 Å². The average molecular weight is 229 g/mol. The van der Waals surface area contributed by atoms with Gasteiger partial charge in [0.05, 0.1) is 12.2 Å². The van der Waals surface area contributed by atoms with Crippen LogP contribution in [0.25, 0.3) is 0 Å². The van der Waals surface area contributed by atoms with Crippen LogP contribution >= 0.6 is 0 Å². The SMILES string of the molecule is CCCC(O)CNC(=O)CCC1CCCO1. The van der Waals surface area contributed by atoms with Crippen molar-refractivity contribution in [3.8, 4) is 0 Å². The molecule has 1 rings (SSSR count). The zero-order chi connectivity index (χ0) is 11.8. The van der Waals surface area contributed by atoms with Gasteiger partial charge in [0.25, 0.3) is 0 Å². The van der Waals surface area contributed by atoms with E-state index in [1.165, 1.54) is 0 Å². The maximum absolute atomic E-state index is 11.4. The monoisotopic (exact) mass is 229 g/mol. The lowest BCUT2D eigenvalue weighted by molar-refractivity contribution is -0.122. The van der Waals surface area contributed by atoms with E-state index in [-0.39, 0.29) is 12.0 Å². The molecule has 4 nitrogen and oxygen atoms in total. The normalized spacial score (nSPS) is 22.0. The largest absolute Gasteiger partial charge is 0.391 e. The van der Waals surface area contributed by atoms with Crippen LogP contribution in [0.5, 0.6) is 0 Å². The van der Waals surface area contributed by atoms with Crippen LogP contribution in [0.15, 0.2) is 0 Å². The van der Waals surface area contributed by atoms with Crippen molar-refractivity contribution in [3.63, 3.8) is 0 Å². The summed E-state index contributed by atoms with van der Waals surface area (Å²) in [7, 11) is 0. The van der Waals surface area contributed by atoms with E-state index in [0.29, 0.717) is 13.0 Å². The topological polar surface area (TPSA) is 58.6 Å². The van der Waals surface area contributed by atoms with Gasteiger partial charge < -0.3 is 15.2 Å². The number of rotatable bonds is 7. The Hall–Kier alpha value is -0.610. The summed E-state index contributed by atoms with van der Waals surface area (Å²) in [5, 5.41) is 12.2. The first-order chi connectivity index (χ1) is 7.72. The lowest BCUT2D eigenvalue weighted by Crippen LogP contribution is -2.32. The third-order valence-corrected chi connectivity index (χ3v) is 2.87. The molecule has 0 spiro atoms. The number of hydrogen-bond acceptors (Lipinski definition) is 3. The molecule has 1 saturated heterocycles. The van der Waals surface area contributed by atoms with E-state index in [9.17, 15) is 9.90 Å². The Kier molecular flexibility index (Phi) is 6.42. The minimum absolute atomic E-state index is 0.0191. The van der Waals surface area contributed by atoms with Crippen molar-refractivity contribution in [1.29, 1.82) is 0 Å². The van der Waals surface area contributed by atoms with Gasteiger partial charge >= 0.3 is 0 Å². The Morgan fingerprint density at radius 2 is 2.44 bits per heavy atom. The molecule has 0 bridgehead atoms. The van der Waals surface area contributed by atoms with Crippen molar-refractivity contribution in [2.24, 2.45) is 0 Å². The molecule has 2 unspecified atom stereocenters. The van der Waals surface area contributed by atoms with Gasteiger partial charge in [0, 0.05) is 19.6 Å². The first kappa shape index (κ1) is 13.5. The van der Waals surface area contributed by atoms with Gasteiger partial charge in [0.1, 0.15) is 0 Å². The molecule has 0 saturated carbocycles. The van der Waals surface area contributed by atoms with Crippen molar-refractivity contribution in [3.05, 3.63) is 0 Å². The summed E-state index contributed by atoms with van der Waals surface area (Å²) in [6.45, 7) is 3.22. The zero-order valence-corrected chi connectivity index (χ0v) is 10.1. The van der Waals surface area contributed by atoms with E-state index >= 15 is 0 Å². The second-order valence-corrected chi connectivity index (χ2v) is 4.42. The van der Waals surface area contributed by atoms with Gasteiger partial charge in [-0.25, -0.2) is 0 Å². The van der Waals surface area contributed by atoms with Gasteiger partial charge in [-0.05, 0) is 25.7 Å². The van der Waals surface area contributed by atoms with Crippen molar-refractivity contribution in [2.45, 2.75) is 57.7 Å². The van der Waals surface area contributed by atoms with Crippen molar-refractivity contribution in [1.82, 2.24) is 5.32 Å². The van der Waals surface area contributed by atoms with Crippen LogP contribution in [0.4, 0.5) is 0 Å². The molecule has 1 heterocycles. The molecule has 2 N–H and O–H groups in total. The van der Waals surface area contributed by atoms with Crippen LogP contribution in [0.2, 0.25) is 0 Å². The first-order valence-electron chi connectivity index (χ1n) is 6.28. The number of aliphatic hydroxyl groups is 1. The molecule has 94 valence electrons. The summed E-state index contributed by atoms with van der Waals surface area (Å²) >= 11 is 0. The van der Waals surface area contributed by atoms with Gasteiger partial charge in [0.15, 0.2) is 0 Å². The highest BCUT2D eigenvalue weighted by atomic mass is 16.5. The summed E-state index contributed by atoms with van der Waals surface area (Å²) in [6, 6.07) is 0. The molecule has 4 heteroatoms. The molecule has 2 atom stereocenters. The molecule has 1 amide bonds. The maximum Gasteiger partial charge on any atom is 0.220 e. The van der Waals surface area contributed by atoms with Crippen LogP contribution in [-0.2, 0) is 9.53 Å². The minimum atomic E-state index is -0.406. The molecule has 1 aliphatic rings. The van der Waals surface area contributed by atoms with Gasteiger partial charge in [-0.15, -0.1) is 0 Å². The smallest absolute Gasteiger partial charge is 0.220 e. The van der Waals surface area contributed by atoms with Crippen molar-refractivity contribution < 1.29 is 14.6 Å². The number of carbonyl (C=O) groups excluding carboxylic acids is 1. The van der Waals surface area contributed by atoms with Crippen LogP contribution < -0.4 is 5.32 Å². The van der Waals surface area contributed by atoms with E-state index in [0.717, 1.165) is 38.7 Å². The molecular weight excluding hydrogens is 206 g/mol. The highest BCUT2D eigenvalue weighted by molar-refractivity contribution is 5.75. The summed E-state index contributed by atoms with van der Waals surface area (Å²) < 4.78 is 5.44. The summed E-state index contributed by atoms with van der Waals surface area (Å²) in [5.41, 5.74) is 0. The molecule has 0 aromatic rings. The van der Waals surface area contributed by atoms with Gasteiger partial charge in [-0.2, -0.15) is 0 Å². The fraction of sp³-hybridized carbons (Fsp3) is 0.917. The van der Waals surface area contributed by atoms with Crippen LogP contribution in [-0.4, -0.2) is 36.4 Å². The molecule has 0 aliphatic carbocycles. The fourth-order valence-electron chi connectivity index (χ4n) is 1.92. The predicted molar refractivity (Wildman–Crippen MR) is 62.1 cm³/mol. The third-order valence-electron chi connectivity index (χ3n) is 2.87. The average Bonchev–Trinajstić information content (AvgIpc) is 2.77.